The Bertz CT molecular complexity index is 708. The third kappa shape index (κ3) is 4.78. The first kappa shape index (κ1) is 16.4. The molecule has 0 fully saturated rings. The lowest BCUT2D eigenvalue weighted by Gasteiger charge is -2.09. The average Bonchev–Trinajstić information content (AvgIpc) is 2.77. The molecule has 1 amide bonds. The minimum absolute atomic E-state index is 0.0240. The molecular formula is C17H16INO3S. The van der Waals surface area contributed by atoms with Crippen LogP contribution in [-0.2, 0) is 4.79 Å². The van der Waals surface area contributed by atoms with Gasteiger partial charge in [0, 0.05) is 20.6 Å². The van der Waals surface area contributed by atoms with E-state index in [0.29, 0.717) is 19.0 Å². The summed E-state index contributed by atoms with van der Waals surface area (Å²) in [6.07, 6.45) is 0.884. The number of hydrogen-bond acceptors (Lipinski definition) is 4. The van der Waals surface area contributed by atoms with Gasteiger partial charge in [0.2, 0.25) is 5.91 Å². The van der Waals surface area contributed by atoms with Gasteiger partial charge in [-0.25, -0.2) is 0 Å². The second kappa shape index (κ2) is 7.92. The number of anilines is 1. The van der Waals surface area contributed by atoms with Gasteiger partial charge in [0.25, 0.3) is 0 Å². The number of hydrogen-bond donors (Lipinski definition) is 1. The molecule has 0 atom stereocenters. The lowest BCUT2D eigenvalue weighted by molar-refractivity contribution is -0.113. The number of carbonyl (C=O) groups excluding carboxylic acids is 1. The van der Waals surface area contributed by atoms with E-state index in [-0.39, 0.29) is 5.91 Å². The summed E-state index contributed by atoms with van der Waals surface area (Å²) in [5.74, 6) is 1.86. The SMILES string of the molecule is O=C(CSc1ccc2c(c1)OCCCO2)Nc1cccc(I)c1. The van der Waals surface area contributed by atoms with Crippen molar-refractivity contribution in [3.05, 3.63) is 46.0 Å². The summed E-state index contributed by atoms with van der Waals surface area (Å²) in [6, 6.07) is 13.5. The fraction of sp³-hybridized carbons (Fsp3) is 0.235. The maximum Gasteiger partial charge on any atom is 0.234 e. The molecule has 0 aliphatic carbocycles. The van der Waals surface area contributed by atoms with Crippen molar-refractivity contribution < 1.29 is 14.3 Å². The standard InChI is InChI=1S/C17H16INO3S/c18-12-3-1-4-13(9-12)19-17(20)11-23-14-5-6-15-16(10-14)22-8-2-7-21-15/h1,3-6,9-10H,2,7-8,11H2,(H,19,20). The predicted molar refractivity (Wildman–Crippen MR) is 101 cm³/mol. The first-order valence-electron chi connectivity index (χ1n) is 7.28. The highest BCUT2D eigenvalue weighted by Gasteiger charge is 2.11. The summed E-state index contributed by atoms with van der Waals surface area (Å²) in [4.78, 5) is 13.0. The molecule has 1 heterocycles. The van der Waals surface area contributed by atoms with Crippen molar-refractivity contribution in [3.63, 3.8) is 0 Å². The van der Waals surface area contributed by atoms with Crippen molar-refractivity contribution in [1.29, 1.82) is 0 Å². The molecule has 2 aromatic rings. The highest BCUT2D eigenvalue weighted by Crippen LogP contribution is 2.33. The quantitative estimate of drug-likeness (QED) is 0.572. The summed E-state index contributed by atoms with van der Waals surface area (Å²) in [7, 11) is 0. The second-order valence-corrected chi connectivity index (χ2v) is 7.30. The van der Waals surface area contributed by atoms with Gasteiger partial charge in [-0.1, -0.05) is 6.07 Å². The molecule has 1 aliphatic rings. The predicted octanol–water partition coefficient (Wildman–Crippen LogP) is 4.18. The summed E-state index contributed by atoms with van der Waals surface area (Å²) in [5, 5.41) is 2.90. The zero-order valence-electron chi connectivity index (χ0n) is 12.4. The smallest absolute Gasteiger partial charge is 0.234 e. The van der Waals surface area contributed by atoms with Crippen molar-refractivity contribution in [1.82, 2.24) is 0 Å². The monoisotopic (exact) mass is 441 g/mol. The van der Waals surface area contributed by atoms with E-state index in [4.69, 9.17) is 9.47 Å². The fourth-order valence-electron chi connectivity index (χ4n) is 2.15. The van der Waals surface area contributed by atoms with Crippen molar-refractivity contribution in [2.24, 2.45) is 0 Å². The zero-order valence-corrected chi connectivity index (χ0v) is 15.4. The van der Waals surface area contributed by atoms with Gasteiger partial charge in [-0.3, -0.25) is 4.79 Å². The van der Waals surface area contributed by atoms with E-state index in [1.54, 1.807) is 0 Å². The van der Waals surface area contributed by atoms with Crippen molar-refractivity contribution >= 4 is 45.9 Å². The maximum absolute atomic E-state index is 12.1. The molecule has 1 aliphatic heterocycles. The van der Waals surface area contributed by atoms with E-state index in [0.717, 1.165) is 32.1 Å². The third-order valence-electron chi connectivity index (χ3n) is 3.20. The second-order valence-electron chi connectivity index (χ2n) is 5.01. The molecule has 0 radical (unpaired) electrons. The van der Waals surface area contributed by atoms with Crippen LogP contribution in [0.2, 0.25) is 0 Å². The minimum Gasteiger partial charge on any atom is -0.490 e. The van der Waals surface area contributed by atoms with Gasteiger partial charge < -0.3 is 14.8 Å². The molecule has 23 heavy (non-hydrogen) atoms. The zero-order chi connectivity index (χ0) is 16.1. The van der Waals surface area contributed by atoms with Crippen LogP contribution in [0.5, 0.6) is 11.5 Å². The van der Waals surface area contributed by atoms with Crippen LogP contribution in [0.1, 0.15) is 6.42 Å². The third-order valence-corrected chi connectivity index (χ3v) is 4.86. The highest BCUT2D eigenvalue weighted by atomic mass is 127. The Morgan fingerprint density at radius 1 is 1.13 bits per heavy atom. The number of halogens is 1. The molecule has 6 heteroatoms. The normalized spacial score (nSPS) is 13.3. The van der Waals surface area contributed by atoms with Crippen LogP contribution in [0.3, 0.4) is 0 Å². The highest BCUT2D eigenvalue weighted by molar-refractivity contribution is 14.1. The average molecular weight is 441 g/mol. The van der Waals surface area contributed by atoms with Gasteiger partial charge in [-0.2, -0.15) is 0 Å². The molecule has 120 valence electrons. The van der Waals surface area contributed by atoms with Gasteiger partial charge in [0.1, 0.15) is 0 Å². The largest absolute Gasteiger partial charge is 0.490 e. The van der Waals surface area contributed by atoms with Crippen LogP contribution < -0.4 is 14.8 Å². The molecule has 0 saturated heterocycles. The molecule has 4 nitrogen and oxygen atoms in total. The summed E-state index contributed by atoms with van der Waals surface area (Å²) < 4.78 is 12.4. The lowest BCUT2D eigenvalue weighted by atomic mass is 10.3. The Labute approximate surface area is 153 Å². The Balaban J connectivity index is 1.57. The van der Waals surface area contributed by atoms with E-state index in [2.05, 4.69) is 27.9 Å². The van der Waals surface area contributed by atoms with E-state index in [9.17, 15) is 4.79 Å². The Morgan fingerprint density at radius 3 is 2.78 bits per heavy atom. The first-order valence-corrected chi connectivity index (χ1v) is 9.35. The topological polar surface area (TPSA) is 47.6 Å². The van der Waals surface area contributed by atoms with Crippen LogP contribution in [0.4, 0.5) is 5.69 Å². The molecule has 0 spiro atoms. The van der Waals surface area contributed by atoms with Gasteiger partial charge in [0.05, 0.1) is 19.0 Å². The van der Waals surface area contributed by atoms with E-state index in [1.807, 2.05) is 42.5 Å². The molecule has 0 unspecified atom stereocenters. The molecule has 3 rings (SSSR count). The summed E-state index contributed by atoms with van der Waals surface area (Å²) >= 11 is 3.71. The van der Waals surface area contributed by atoms with Gasteiger partial charge >= 0.3 is 0 Å². The number of amides is 1. The molecule has 0 saturated carbocycles. The van der Waals surface area contributed by atoms with Crippen LogP contribution >= 0.6 is 34.4 Å². The van der Waals surface area contributed by atoms with Crippen LogP contribution in [0.15, 0.2) is 47.4 Å². The number of nitrogens with one attached hydrogen (secondary N) is 1. The first-order chi connectivity index (χ1) is 11.2. The number of thioether (sulfide) groups is 1. The van der Waals surface area contributed by atoms with E-state index < -0.39 is 0 Å². The molecular weight excluding hydrogens is 425 g/mol. The Morgan fingerprint density at radius 2 is 1.96 bits per heavy atom. The van der Waals surface area contributed by atoms with Crippen LogP contribution in [-0.4, -0.2) is 24.9 Å². The number of fused-ring (bicyclic) bond motifs is 1. The Kier molecular flexibility index (Phi) is 5.66. The van der Waals surface area contributed by atoms with Gasteiger partial charge in [-0.15, -0.1) is 11.8 Å². The minimum atomic E-state index is -0.0240. The van der Waals surface area contributed by atoms with Crippen molar-refractivity contribution in [2.75, 3.05) is 24.3 Å². The Hall–Kier alpha value is -1.41. The number of benzene rings is 2. The lowest BCUT2D eigenvalue weighted by Crippen LogP contribution is -2.13. The van der Waals surface area contributed by atoms with E-state index >= 15 is 0 Å². The van der Waals surface area contributed by atoms with Gasteiger partial charge in [-0.05, 0) is 59.0 Å². The van der Waals surface area contributed by atoms with Crippen molar-refractivity contribution in [3.8, 4) is 11.5 Å². The number of ether oxygens (including phenoxy) is 2. The number of carbonyl (C=O) groups is 1. The molecule has 1 N–H and O–H groups in total. The molecule has 0 bridgehead atoms. The number of rotatable bonds is 4. The summed E-state index contributed by atoms with van der Waals surface area (Å²) in [6.45, 7) is 1.34. The fourth-order valence-corrected chi connectivity index (χ4v) is 3.41. The summed E-state index contributed by atoms with van der Waals surface area (Å²) in [5.41, 5.74) is 0.821. The van der Waals surface area contributed by atoms with Gasteiger partial charge in [0.15, 0.2) is 11.5 Å². The maximum atomic E-state index is 12.1. The van der Waals surface area contributed by atoms with Crippen LogP contribution in [0, 0.1) is 3.57 Å². The van der Waals surface area contributed by atoms with Crippen LogP contribution in [0.25, 0.3) is 0 Å². The van der Waals surface area contributed by atoms with E-state index in [1.165, 1.54) is 11.8 Å². The van der Waals surface area contributed by atoms with Crippen molar-refractivity contribution in [2.45, 2.75) is 11.3 Å². The molecule has 0 aromatic heterocycles. The molecule has 2 aromatic carbocycles.